The highest BCUT2D eigenvalue weighted by Crippen LogP contribution is 2.16. The molecule has 0 aliphatic carbocycles. The second-order valence-electron chi connectivity index (χ2n) is 5.37. The minimum Gasteiger partial charge on any atom is -0.497 e. The van der Waals surface area contributed by atoms with Gasteiger partial charge in [-0.05, 0) is 36.7 Å². The number of ether oxygens (including phenoxy) is 2. The van der Waals surface area contributed by atoms with E-state index in [4.69, 9.17) is 9.47 Å². The summed E-state index contributed by atoms with van der Waals surface area (Å²) in [6.45, 7) is 0.399. The molecular weight excluding hydrogens is 302 g/mol. The third-order valence-electron chi connectivity index (χ3n) is 3.77. The Morgan fingerprint density at radius 2 is 1.79 bits per heavy atom. The molecule has 0 fully saturated rings. The average Bonchev–Trinajstić information content (AvgIpc) is 2.64. The topological polar surface area (TPSA) is 47.6 Å². The van der Waals surface area contributed by atoms with Crippen molar-refractivity contribution in [1.82, 2.24) is 5.32 Å². The molecule has 0 heterocycles. The van der Waals surface area contributed by atoms with Crippen LogP contribution in [0.1, 0.15) is 11.1 Å². The normalized spacial score (nSPS) is 12.5. The Hall–Kier alpha value is -2.59. The molecule has 126 valence electrons. The van der Waals surface area contributed by atoms with Gasteiger partial charge in [0.05, 0.1) is 13.2 Å². The number of aldehydes is 1. The monoisotopic (exact) mass is 325 g/mol. The van der Waals surface area contributed by atoms with Crippen molar-refractivity contribution in [2.75, 3.05) is 14.2 Å². The van der Waals surface area contributed by atoms with Crippen LogP contribution in [-0.4, -0.2) is 26.5 Å². The van der Waals surface area contributed by atoms with Gasteiger partial charge in [0.1, 0.15) is 24.4 Å². The first-order valence-electron chi connectivity index (χ1n) is 7.89. The molecule has 24 heavy (non-hydrogen) atoms. The molecule has 0 aliphatic heterocycles. The number of methoxy groups -OCH3 is 1. The third-order valence-corrected chi connectivity index (χ3v) is 3.77. The first-order chi connectivity index (χ1) is 11.8. The Bertz CT molecular complexity index is 650. The lowest BCUT2D eigenvalue weighted by atomic mass is 10.0. The van der Waals surface area contributed by atoms with Crippen molar-refractivity contribution in [3.05, 3.63) is 77.6 Å². The summed E-state index contributed by atoms with van der Waals surface area (Å²) in [5.41, 5.74) is 2.20. The summed E-state index contributed by atoms with van der Waals surface area (Å²) < 4.78 is 11.0. The largest absolute Gasteiger partial charge is 0.497 e. The standard InChI is InChI=1S/C20H23NO3/c1-21-19(14-16-6-4-3-5-7-16)20(12-13-22)24-15-17-8-10-18(23-2)11-9-17/h3-13,19,21H,14-15H2,1-2H3/b20-12+/t19-/m0/s1. The lowest BCUT2D eigenvalue weighted by molar-refractivity contribution is -0.104. The van der Waals surface area contributed by atoms with Gasteiger partial charge in [-0.1, -0.05) is 42.5 Å². The van der Waals surface area contributed by atoms with Gasteiger partial charge in [0.2, 0.25) is 0 Å². The zero-order chi connectivity index (χ0) is 17.2. The van der Waals surface area contributed by atoms with Crippen LogP contribution in [0, 0.1) is 0 Å². The van der Waals surface area contributed by atoms with Crippen LogP contribution in [0.2, 0.25) is 0 Å². The molecule has 0 unspecified atom stereocenters. The van der Waals surface area contributed by atoms with Gasteiger partial charge >= 0.3 is 0 Å². The highest BCUT2D eigenvalue weighted by Gasteiger charge is 2.14. The molecule has 0 radical (unpaired) electrons. The van der Waals surface area contributed by atoms with Crippen molar-refractivity contribution >= 4 is 6.29 Å². The van der Waals surface area contributed by atoms with Gasteiger partial charge in [-0.2, -0.15) is 0 Å². The fourth-order valence-corrected chi connectivity index (χ4v) is 2.42. The third kappa shape index (κ3) is 5.25. The molecule has 1 atom stereocenters. The maximum Gasteiger partial charge on any atom is 0.146 e. The Morgan fingerprint density at radius 1 is 1.08 bits per heavy atom. The zero-order valence-corrected chi connectivity index (χ0v) is 14.1. The van der Waals surface area contributed by atoms with Crippen LogP contribution in [0.5, 0.6) is 5.75 Å². The van der Waals surface area contributed by atoms with Gasteiger partial charge in [0, 0.05) is 6.08 Å². The molecule has 2 rings (SSSR count). The van der Waals surface area contributed by atoms with Crippen LogP contribution in [0.25, 0.3) is 0 Å². The number of carbonyl (C=O) groups excluding carboxylic acids is 1. The fourth-order valence-electron chi connectivity index (χ4n) is 2.42. The maximum absolute atomic E-state index is 11.0. The summed E-state index contributed by atoms with van der Waals surface area (Å²) in [4.78, 5) is 11.0. The summed E-state index contributed by atoms with van der Waals surface area (Å²) in [6, 6.07) is 17.7. The molecule has 0 bridgehead atoms. The van der Waals surface area contributed by atoms with Crippen LogP contribution in [-0.2, 0) is 22.6 Å². The van der Waals surface area contributed by atoms with Crippen LogP contribution >= 0.6 is 0 Å². The Morgan fingerprint density at radius 3 is 2.38 bits per heavy atom. The summed E-state index contributed by atoms with van der Waals surface area (Å²) in [5.74, 6) is 1.44. The second-order valence-corrected chi connectivity index (χ2v) is 5.37. The van der Waals surface area contributed by atoms with E-state index in [1.807, 2.05) is 49.5 Å². The van der Waals surface area contributed by atoms with Gasteiger partial charge in [-0.15, -0.1) is 0 Å². The van der Waals surface area contributed by atoms with E-state index in [0.29, 0.717) is 12.4 Å². The Balaban J connectivity index is 2.03. The van der Waals surface area contributed by atoms with Crippen LogP contribution in [0.15, 0.2) is 66.4 Å². The number of allylic oxidation sites excluding steroid dienone is 1. The predicted octanol–water partition coefficient (Wildman–Crippen LogP) is 3.13. The van der Waals surface area contributed by atoms with E-state index in [1.165, 1.54) is 11.6 Å². The number of benzene rings is 2. The van der Waals surface area contributed by atoms with Gasteiger partial charge in [-0.25, -0.2) is 0 Å². The van der Waals surface area contributed by atoms with Gasteiger partial charge < -0.3 is 14.8 Å². The van der Waals surface area contributed by atoms with E-state index in [9.17, 15) is 4.79 Å². The summed E-state index contributed by atoms with van der Waals surface area (Å²) in [5, 5.41) is 3.22. The highest BCUT2D eigenvalue weighted by molar-refractivity contribution is 5.65. The van der Waals surface area contributed by atoms with Crippen molar-refractivity contribution in [2.24, 2.45) is 0 Å². The van der Waals surface area contributed by atoms with E-state index in [1.54, 1.807) is 7.11 Å². The molecular formula is C20H23NO3. The molecule has 1 N–H and O–H groups in total. The van der Waals surface area contributed by atoms with Gasteiger partial charge in [0.25, 0.3) is 0 Å². The number of carbonyl (C=O) groups is 1. The van der Waals surface area contributed by atoms with Crippen LogP contribution < -0.4 is 10.1 Å². The van der Waals surface area contributed by atoms with E-state index in [2.05, 4.69) is 17.4 Å². The van der Waals surface area contributed by atoms with Crippen molar-refractivity contribution in [1.29, 1.82) is 0 Å². The first kappa shape index (κ1) is 17.8. The van der Waals surface area contributed by atoms with E-state index in [-0.39, 0.29) is 6.04 Å². The molecule has 2 aromatic carbocycles. The van der Waals surface area contributed by atoms with Crippen LogP contribution in [0.4, 0.5) is 0 Å². The smallest absolute Gasteiger partial charge is 0.146 e. The summed E-state index contributed by atoms with van der Waals surface area (Å²) >= 11 is 0. The zero-order valence-electron chi connectivity index (χ0n) is 14.1. The Kier molecular flexibility index (Phi) is 7.05. The van der Waals surface area contributed by atoms with Crippen molar-refractivity contribution in [3.63, 3.8) is 0 Å². The van der Waals surface area contributed by atoms with E-state index >= 15 is 0 Å². The number of rotatable bonds is 9. The average molecular weight is 325 g/mol. The number of hydrogen-bond acceptors (Lipinski definition) is 4. The van der Waals surface area contributed by atoms with Crippen molar-refractivity contribution in [2.45, 2.75) is 19.1 Å². The summed E-state index contributed by atoms with van der Waals surface area (Å²) in [6.07, 6.45) is 2.99. The lowest BCUT2D eigenvalue weighted by Gasteiger charge is -2.20. The molecule has 4 heteroatoms. The lowest BCUT2D eigenvalue weighted by Crippen LogP contribution is -2.31. The van der Waals surface area contributed by atoms with Crippen molar-refractivity contribution in [3.8, 4) is 5.75 Å². The quantitative estimate of drug-likeness (QED) is 0.437. The minimum atomic E-state index is -0.0594. The molecule has 0 saturated carbocycles. The number of nitrogens with one attached hydrogen (secondary N) is 1. The second kappa shape index (κ2) is 9.53. The maximum atomic E-state index is 11.0. The molecule has 4 nitrogen and oxygen atoms in total. The van der Waals surface area contributed by atoms with E-state index in [0.717, 1.165) is 24.0 Å². The number of hydrogen-bond donors (Lipinski definition) is 1. The van der Waals surface area contributed by atoms with Crippen LogP contribution in [0.3, 0.4) is 0 Å². The first-order valence-corrected chi connectivity index (χ1v) is 7.89. The molecule has 0 spiro atoms. The molecule has 0 aromatic heterocycles. The summed E-state index contributed by atoms with van der Waals surface area (Å²) in [7, 11) is 3.50. The van der Waals surface area contributed by atoms with E-state index < -0.39 is 0 Å². The molecule has 0 aliphatic rings. The number of likely N-dealkylation sites (N-methyl/N-ethyl adjacent to an activating group) is 1. The van der Waals surface area contributed by atoms with Crippen molar-refractivity contribution < 1.29 is 14.3 Å². The minimum absolute atomic E-state index is 0.0594. The SMILES string of the molecule is CN[C@@H](Cc1ccccc1)/C(=C\C=O)OCc1ccc(OC)cc1. The fraction of sp³-hybridized carbons (Fsp3) is 0.250. The highest BCUT2D eigenvalue weighted by atomic mass is 16.5. The van der Waals surface area contributed by atoms with Gasteiger partial charge in [0.15, 0.2) is 0 Å². The Labute approximate surface area is 143 Å². The van der Waals surface area contributed by atoms with Gasteiger partial charge in [-0.3, -0.25) is 4.79 Å². The molecule has 0 amide bonds. The predicted molar refractivity (Wildman–Crippen MR) is 94.9 cm³/mol. The molecule has 2 aromatic rings. The molecule has 0 saturated heterocycles.